The molecule has 2 atom stereocenters. The molecule has 18 nitrogen and oxygen atoms in total. The molecule has 0 unspecified atom stereocenters. The van der Waals surface area contributed by atoms with E-state index in [2.05, 4.69) is 33.1 Å². The number of methoxy groups -OCH3 is 1. The lowest BCUT2D eigenvalue weighted by atomic mass is 10.0. The van der Waals surface area contributed by atoms with E-state index in [0.29, 0.717) is 95.9 Å². The second kappa shape index (κ2) is 24.1. The number of carbonyl (C=O) groups is 2. The predicted molar refractivity (Wildman–Crippen MR) is 321 cm³/mol. The summed E-state index contributed by atoms with van der Waals surface area (Å²) in [5.41, 5.74) is 3.22. The number of fused-ring (bicyclic) bond motifs is 2. The van der Waals surface area contributed by atoms with Gasteiger partial charge in [-0.15, -0.1) is 0 Å². The SMILES string of the molecule is C=CC(=O)N1CCN(c2nc(=O)n(-c3c(C)cc(=O)[nH]c3C(C)C)c3nc(-c4ccccc4F)c(Cl)cc23)[C@@H](C)C1.C=CC(=O)N1CCN(c2nc(=O)n(-c3c(C)cc(OC)nc3C(C)C)c3nc(-c4ccccc4F)c(Cl)cc23)[C@@H](C)C1. The summed E-state index contributed by atoms with van der Waals surface area (Å²) in [5, 5.41) is 1.39. The van der Waals surface area contributed by atoms with Crippen LogP contribution in [0.2, 0.25) is 10.0 Å². The minimum absolute atomic E-state index is 0.0794. The van der Waals surface area contributed by atoms with Crippen LogP contribution in [0.5, 0.6) is 5.88 Å². The summed E-state index contributed by atoms with van der Waals surface area (Å²) in [4.78, 5) is 98.5. The molecule has 2 saturated heterocycles. The molecule has 6 aromatic heterocycles. The molecule has 8 aromatic rings. The van der Waals surface area contributed by atoms with E-state index in [9.17, 15) is 32.8 Å². The Kier molecular flexibility index (Phi) is 17.1. The average Bonchev–Trinajstić information content (AvgIpc) is 3.62. The van der Waals surface area contributed by atoms with Crippen molar-refractivity contribution in [3.05, 3.63) is 174 Å². The van der Waals surface area contributed by atoms with E-state index in [1.165, 1.54) is 46.6 Å². The van der Waals surface area contributed by atoms with Crippen molar-refractivity contribution >= 4 is 68.7 Å². The maximum atomic E-state index is 15.0. The molecule has 22 heteroatoms. The van der Waals surface area contributed by atoms with Crippen molar-refractivity contribution in [3.63, 3.8) is 0 Å². The highest BCUT2D eigenvalue weighted by Crippen LogP contribution is 2.39. The summed E-state index contributed by atoms with van der Waals surface area (Å²) in [6.07, 6.45) is 2.58. The van der Waals surface area contributed by atoms with Gasteiger partial charge >= 0.3 is 11.4 Å². The number of aryl methyl sites for hydroxylation is 2. The largest absolute Gasteiger partial charge is 0.481 e. The van der Waals surface area contributed by atoms with Crippen LogP contribution >= 0.6 is 23.2 Å². The summed E-state index contributed by atoms with van der Waals surface area (Å²) >= 11 is 13.5. The number of halogens is 4. The van der Waals surface area contributed by atoms with E-state index in [0.717, 1.165) is 5.56 Å². The standard InChI is InChI=1S/C31H32ClFN6O3.C30H30ClFN6O3/c1-7-25(40)37-12-13-38(19(5)16-37)29-21-15-22(32)27(20-10-8-9-11-23(20)33)35-30(21)39(31(41)36-29)28-18(4)14-24(42-6)34-26(28)17(2)3;1-6-24(40)36-11-12-37(18(5)15-36)28-20-14-21(31)26(19-9-7-8-10-22(19)32)34-29(20)38(30(41)35-28)27-17(4)13-23(39)33-25(27)16(2)3/h7-11,14-15,17,19H,1,12-13,16H2,2-6H3;6-10,13-14,16,18H,1,11-12,15H2,2-5H3,(H,33,39)/t19-;18-/m00/s1. The quantitative estimate of drug-likeness (QED) is 0.120. The molecule has 0 bridgehead atoms. The lowest BCUT2D eigenvalue weighted by Crippen LogP contribution is -2.54. The Morgan fingerprint density at radius 2 is 1.10 bits per heavy atom. The van der Waals surface area contributed by atoms with E-state index in [1.54, 1.807) is 71.3 Å². The van der Waals surface area contributed by atoms with Gasteiger partial charge in [0, 0.05) is 80.3 Å². The number of H-pyrrole nitrogens is 1. The van der Waals surface area contributed by atoms with E-state index in [-0.39, 0.29) is 85.1 Å². The molecule has 2 aromatic carbocycles. The van der Waals surface area contributed by atoms with Gasteiger partial charge in [0.25, 0.3) is 0 Å². The Bertz CT molecular complexity index is 4110. The summed E-state index contributed by atoms with van der Waals surface area (Å²) in [6, 6.07) is 18.5. The first-order chi connectivity index (χ1) is 39.6. The number of aromatic nitrogens is 8. The molecular formula is C61H62Cl2F2N12O6. The number of benzene rings is 2. The van der Waals surface area contributed by atoms with E-state index in [4.69, 9.17) is 37.9 Å². The molecule has 0 aliphatic carbocycles. The van der Waals surface area contributed by atoms with Crippen molar-refractivity contribution in [2.45, 2.75) is 79.3 Å². The number of pyridine rings is 4. The number of carbonyl (C=O) groups excluding carboxylic acids is 2. The highest BCUT2D eigenvalue weighted by molar-refractivity contribution is 6.34. The Morgan fingerprint density at radius 1 is 0.651 bits per heavy atom. The first-order valence-electron chi connectivity index (χ1n) is 27.0. The highest BCUT2D eigenvalue weighted by Gasteiger charge is 2.33. The molecule has 0 spiro atoms. The van der Waals surface area contributed by atoms with E-state index in [1.807, 2.05) is 58.3 Å². The van der Waals surface area contributed by atoms with Gasteiger partial charge in [0.15, 0.2) is 11.3 Å². The maximum Gasteiger partial charge on any atom is 0.355 e. The molecule has 2 fully saturated rings. The van der Waals surface area contributed by atoms with Crippen molar-refractivity contribution in [1.82, 2.24) is 48.8 Å². The van der Waals surface area contributed by atoms with Crippen LogP contribution in [0.4, 0.5) is 20.4 Å². The summed E-state index contributed by atoms with van der Waals surface area (Å²) in [7, 11) is 1.54. The van der Waals surface area contributed by atoms with Gasteiger partial charge in [-0.1, -0.05) is 88.3 Å². The topological polar surface area (TPSA) is 198 Å². The number of hydrogen-bond donors (Lipinski definition) is 1. The van der Waals surface area contributed by atoms with Crippen LogP contribution in [0.3, 0.4) is 0 Å². The van der Waals surface area contributed by atoms with Crippen LogP contribution in [0.25, 0.3) is 56.0 Å². The zero-order chi connectivity index (χ0) is 59.9. The molecular weight excluding hydrogens is 1110 g/mol. The van der Waals surface area contributed by atoms with Crippen LogP contribution in [-0.2, 0) is 9.59 Å². The van der Waals surface area contributed by atoms with Crippen LogP contribution in [0.15, 0.2) is 112 Å². The second-order valence-corrected chi connectivity index (χ2v) is 21.9. The maximum absolute atomic E-state index is 15.0. The van der Waals surface area contributed by atoms with Crippen LogP contribution in [0, 0.1) is 25.5 Å². The summed E-state index contributed by atoms with van der Waals surface area (Å²) in [6.45, 7) is 24.9. The van der Waals surface area contributed by atoms with Gasteiger partial charge in [-0.3, -0.25) is 14.4 Å². The number of nitrogens with zero attached hydrogens (tertiary/aromatic N) is 11. The Hall–Kier alpha value is -8.62. The Labute approximate surface area is 487 Å². The third-order valence-electron chi connectivity index (χ3n) is 14.8. The smallest absolute Gasteiger partial charge is 0.355 e. The fourth-order valence-electron chi connectivity index (χ4n) is 10.8. The first-order valence-corrected chi connectivity index (χ1v) is 27.7. The summed E-state index contributed by atoms with van der Waals surface area (Å²) < 4.78 is 38.1. The van der Waals surface area contributed by atoms with E-state index >= 15 is 0 Å². The van der Waals surface area contributed by atoms with Crippen molar-refractivity contribution < 1.29 is 23.1 Å². The van der Waals surface area contributed by atoms with Crippen LogP contribution in [0.1, 0.15) is 75.9 Å². The number of aromatic amines is 1. The Balaban J connectivity index is 0.000000200. The first kappa shape index (κ1) is 59.0. The van der Waals surface area contributed by atoms with Gasteiger partial charge in [0.05, 0.1) is 56.4 Å². The number of hydrogen-bond acceptors (Lipinski definition) is 13. The van der Waals surface area contributed by atoms with Gasteiger partial charge in [0.2, 0.25) is 23.3 Å². The Morgan fingerprint density at radius 3 is 1.51 bits per heavy atom. The van der Waals surface area contributed by atoms with Crippen molar-refractivity contribution in [2.75, 3.05) is 56.2 Å². The van der Waals surface area contributed by atoms with Gasteiger partial charge in [-0.25, -0.2) is 42.5 Å². The molecule has 1 N–H and O–H groups in total. The number of nitrogens with one attached hydrogen (secondary N) is 1. The van der Waals surface area contributed by atoms with Crippen molar-refractivity contribution in [2.24, 2.45) is 0 Å². The van der Waals surface area contributed by atoms with Crippen molar-refractivity contribution in [1.29, 1.82) is 0 Å². The minimum atomic E-state index is -0.615. The third kappa shape index (κ3) is 11.4. The molecule has 0 saturated carbocycles. The van der Waals surface area contributed by atoms with Crippen LogP contribution in [-0.4, -0.2) is 119 Å². The normalized spacial score (nSPS) is 15.5. The molecule has 83 heavy (non-hydrogen) atoms. The van der Waals surface area contributed by atoms with Gasteiger partial charge in [0.1, 0.15) is 23.3 Å². The average molecular weight is 1170 g/mol. The molecule has 8 heterocycles. The molecule has 2 aliphatic heterocycles. The molecule has 10 rings (SSSR count). The van der Waals surface area contributed by atoms with Gasteiger partial charge in [-0.05, 0) is 99.2 Å². The molecule has 430 valence electrons. The second-order valence-electron chi connectivity index (χ2n) is 21.1. The van der Waals surface area contributed by atoms with Crippen molar-refractivity contribution in [3.8, 4) is 39.8 Å². The van der Waals surface area contributed by atoms with Gasteiger partial charge in [-0.2, -0.15) is 9.97 Å². The number of amides is 2. The molecule has 2 aliphatic rings. The molecule has 0 radical (unpaired) electrons. The zero-order valence-electron chi connectivity index (χ0n) is 47.4. The zero-order valence-corrected chi connectivity index (χ0v) is 48.9. The lowest BCUT2D eigenvalue weighted by Gasteiger charge is -2.40. The molecule has 2 amide bonds. The van der Waals surface area contributed by atoms with E-state index < -0.39 is 23.0 Å². The predicted octanol–water partition coefficient (Wildman–Crippen LogP) is 9.88. The minimum Gasteiger partial charge on any atom is -0.481 e. The third-order valence-corrected chi connectivity index (χ3v) is 15.4. The number of ether oxygens (including phenoxy) is 1. The summed E-state index contributed by atoms with van der Waals surface area (Å²) in [5.74, 6) is -0.369. The highest BCUT2D eigenvalue weighted by atomic mass is 35.5. The fraction of sp³-hybridized carbons (Fsp3) is 0.311. The number of anilines is 2. The number of piperazine rings is 2. The van der Waals surface area contributed by atoms with Crippen LogP contribution < -0.4 is 31.5 Å². The number of rotatable bonds is 11. The fourth-order valence-corrected chi connectivity index (χ4v) is 11.3. The monoisotopic (exact) mass is 1170 g/mol. The van der Waals surface area contributed by atoms with Gasteiger partial charge < -0.3 is 29.3 Å². The lowest BCUT2D eigenvalue weighted by molar-refractivity contribution is -0.127.